The van der Waals surface area contributed by atoms with Gasteiger partial charge in [-0.05, 0) is 90.2 Å². The fourth-order valence-corrected chi connectivity index (χ4v) is 8.78. The van der Waals surface area contributed by atoms with E-state index in [-0.39, 0.29) is 0 Å². The van der Waals surface area contributed by atoms with Crippen LogP contribution in [0.2, 0.25) is 0 Å². The molecule has 10 aromatic rings. The van der Waals surface area contributed by atoms with Crippen molar-refractivity contribution >= 4 is 107 Å². The molecule has 222 valence electrons. The van der Waals surface area contributed by atoms with Crippen molar-refractivity contribution in [2.75, 3.05) is 0 Å². The summed E-state index contributed by atoms with van der Waals surface area (Å²) in [6, 6.07) is 45.0. The van der Waals surface area contributed by atoms with Gasteiger partial charge in [-0.25, -0.2) is 9.97 Å². The summed E-state index contributed by atoms with van der Waals surface area (Å²) < 4.78 is 11.0. The molecule has 0 amide bonds. The van der Waals surface area contributed by atoms with E-state index in [1.807, 2.05) is 12.1 Å². The number of thiophene rings is 1. The zero-order valence-electron chi connectivity index (χ0n) is 24.5. The van der Waals surface area contributed by atoms with E-state index in [9.17, 15) is 0 Å². The van der Waals surface area contributed by atoms with E-state index in [1.165, 1.54) is 20.9 Å². The smallest absolute Gasteiger partial charge is 0.236 e. The monoisotopic (exact) mass is 749 g/mol. The van der Waals surface area contributed by atoms with Gasteiger partial charge in [0.25, 0.3) is 0 Å². The lowest BCUT2D eigenvalue weighted by Crippen LogP contribution is -2.02. The van der Waals surface area contributed by atoms with Crippen LogP contribution >= 0.6 is 43.2 Å². The molecule has 7 heteroatoms. The Hall–Kier alpha value is -4.82. The summed E-state index contributed by atoms with van der Waals surface area (Å²) in [7, 11) is 0. The number of halogens is 2. The summed E-state index contributed by atoms with van der Waals surface area (Å²) in [5, 5.41) is 7.97. The van der Waals surface area contributed by atoms with Gasteiger partial charge in [0, 0.05) is 37.2 Å². The minimum Gasteiger partial charge on any atom is -0.448 e. The van der Waals surface area contributed by atoms with E-state index in [2.05, 4.69) is 152 Å². The van der Waals surface area contributed by atoms with E-state index in [0.29, 0.717) is 10.6 Å². The minimum atomic E-state index is 0.660. The number of furan rings is 1. The van der Waals surface area contributed by atoms with Crippen molar-refractivity contribution in [3.8, 4) is 28.3 Å². The van der Waals surface area contributed by atoms with Crippen molar-refractivity contribution < 1.29 is 4.42 Å². The highest BCUT2D eigenvalue weighted by Crippen LogP contribution is 2.44. The summed E-state index contributed by atoms with van der Waals surface area (Å²) in [6.07, 6.45) is 0. The van der Waals surface area contributed by atoms with Gasteiger partial charge in [-0.1, -0.05) is 91.0 Å². The fraction of sp³-hybridized carbons (Fsp3) is 0. The van der Waals surface area contributed by atoms with Crippen LogP contribution < -0.4 is 0 Å². The molecule has 10 rings (SSSR count). The van der Waals surface area contributed by atoms with Crippen LogP contribution in [0.4, 0.5) is 0 Å². The van der Waals surface area contributed by atoms with Crippen molar-refractivity contribution in [3.05, 3.63) is 137 Å². The Labute approximate surface area is 289 Å². The number of hydrogen-bond acceptors (Lipinski definition) is 4. The second kappa shape index (κ2) is 10.3. The van der Waals surface area contributed by atoms with Crippen molar-refractivity contribution in [2.45, 2.75) is 0 Å². The highest BCUT2D eigenvalue weighted by atomic mass is 79.9. The van der Waals surface area contributed by atoms with E-state index < -0.39 is 0 Å². The molecule has 6 aromatic carbocycles. The van der Waals surface area contributed by atoms with Gasteiger partial charge in [0.2, 0.25) is 5.95 Å². The normalized spacial score (nSPS) is 12.0. The van der Waals surface area contributed by atoms with Gasteiger partial charge >= 0.3 is 0 Å². The van der Waals surface area contributed by atoms with Crippen molar-refractivity contribution in [1.29, 1.82) is 0 Å². The number of hydrogen-bond donors (Lipinski definition) is 0. The van der Waals surface area contributed by atoms with Gasteiger partial charge < -0.3 is 4.42 Å². The molecule has 0 aliphatic heterocycles. The molecular weight excluding hydrogens is 730 g/mol. The largest absolute Gasteiger partial charge is 0.448 e. The number of aromatic nitrogens is 3. The zero-order valence-corrected chi connectivity index (χ0v) is 28.5. The van der Waals surface area contributed by atoms with Crippen LogP contribution in [0, 0.1) is 0 Å². The lowest BCUT2D eigenvalue weighted by atomic mass is 9.97. The average Bonchev–Trinajstić information content (AvgIpc) is 3.75. The Morgan fingerprint density at radius 2 is 1.38 bits per heavy atom. The summed E-state index contributed by atoms with van der Waals surface area (Å²) in [5.74, 6) is 0.660. The first kappa shape index (κ1) is 27.3. The van der Waals surface area contributed by atoms with E-state index in [4.69, 9.17) is 14.4 Å². The molecule has 4 nitrogen and oxygen atoms in total. The molecule has 0 saturated heterocycles. The van der Waals surface area contributed by atoms with Crippen LogP contribution in [0.5, 0.6) is 0 Å². The van der Waals surface area contributed by atoms with Crippen LogP contribution in [-0.2, 0) is 0 Å². The Kier molecular flexibility index (Phi) is 6.01. The highest BCUT2D eigenvalue weighted by Gasteiger charge is 2.22. The van der Waals surface area contributed by atoms with E-state index >= 15 is 0 Å². The third-order valence-electron chi connectivity index (χ3n) is 9.03. The second-order valence-electron chi connectivity index (χ2n) is 11.7. The lowest BCUT2D eigenvalue weighted by molar-refractivity contribution is 0.585. The number of fused-ring (bicyclic) bond motifs is 8. The standard InChI is InChI=1S/C40H21Br2N3OS/c41-36-29-20-25(17-18-32(29)46-38(36)42)26-14-8-15-30-34(26)28-19-23-11-4-5-12-24(23)21-31(28)45(30)40-43-37(22-9-2-1-3-10-22)35-27-13-6-7-16-33(27)47-39(35)44-40/h1-21H. The molecule has 4 heterocycles. The first-order valence-electron chi connectivity index (χ1n) is 15.2. The molecule has 0 unspecified atom stereocenters. The van der Waals surface area contributed by atoms with Gasteiger partial charge in [-0.15, -0.1) is 11.3 Å². The number of rotatable bonds is 3. The van der Waals surface area contributed by atoms with Gasteiger partial charge in [-0.2, -0.15) is 0 Å². The van der Waals surface area contributed by atoms with Crippen LogP contribution in [0.15, 0.2) is 141 Å². The maximum Gasteiger partial charge on any atom is 0.236 e. The summed E-state index contributed by atoms with van der Waals surface area (Å²) in [6.45, 7) is 0. The molecule has 0 radical (unpaired) electrons. The summed E-state index contributed by atoms with van der Waals surface area (Å²) in [4.78, 5) is 11.7. The first-order chi connectivity index (χ1) is 23.1. The van der Waals surface area contributed by atoms with Gasteiger partial charge in [0.15, 0.2) is 4.67 Å². The number of nitrogens with zero attached hydrogens (tertiary/aromatic N) is 3. The minimum absolute atomic E-state index is 0.660. The molecular formula is C40H21Br2N3OS. The quantitative estimate of drug-likeness (QED) is 0.181. The SMILES string of the molecule is Brc1oc2ccc(-c3cccc4c3c3cc5ccccc5cc3n4-c3nc(-c4ccccc4)c4c(n3)sc3ccccc34)cc2c1Br. The Balaban J connectivity index is 1.34. The Morgan fingerprint density at radius 1 is 0.596 bits per heavy atom. The first-order valence-corrected chi connectivity index (χ1v) is 17.6. The van der Waals surface area contributed by atoms with Crippen LogP contribution in [0.25, 0.3) is 92.2 Å². The van der Waals surface area contributed by atoms with Crippen LogP contribution in [0.1, 0.15) is 0 Å². The zero-order chi connectivity index (χ0) is 31.2. The molecule has 0 aliphatic rings. The van der Waals surface area contributed by atoms with Crippen LogP contribution in [0.3, 0.4) is 0 Å². The molecule has 4 aromatic heterocycles. The molecule has 0 saturated carbocycles. The van der Waals surface area contributed by atoms with E-state index in [0.717, 1.165) is 69.8 Å². The maximum atomic E-state index is 5.91. The third kappa shape index (κ3) is 4.10. The van der Waals surface area contributed by atoms with E-state index in [1.54, 1.807) is 11.3 Å². The molecule has 0 atom stereocenters. The second-order valence-corrected chi connectivity index (χ2v) is 14.2. The third-order valence-corrected chi connectivity index (χ3v) is 12.0. The summed E-state index contributed by atoms with van der Waals surface area (Å²) in [5.41, 5.74) is 7.21. The molecule has 0 spiro atoms. The van der Waals surface area contributed by atoms with Crippen molar-refractivity contribution in [2.24, 2.45) is 0 Å². The topological polar surface area (TPSA) is 43.9 Å². The molecule has 0 bridgehead atoms. The predicted molar refractivity (Wildman–Crippen MR) is 203 cm³/mol. The Bertz CT molecular complexity index is 2890. The molecule has 0 aliphatic carbocycles. The highest BCUT2D eigenvalue weighted by molar-refractivity contribution is 9.13. The van der Waals surface area contributed by atoms with Crippen LogP contribution in [-0.4, -0.2) is 14.5 Å². The maximum absolute atomic E-state index is 5.91. The average molecular weight is 752 g/mol. The lowest BCUT2D eigenvalue weighted by Gasteiger charge is -2.11. The fourth-order valence-electron chi connectivity index (χ4n) is 6.93. The Morgan fingerprint density at radius 3 is 2.26 bits per heavy atom. The molecule has 47 heavy (non-hydrogen) atoms. The van der Waals surface area contributed by atoms with Gasteiger partial charge in [0.1, 0.15) is 10.4 Å². The predicted octanol–water partition coefficient (Wildman–Crippen LogP) is 12.7. The number of benzene rings is 6. The van der Waals surface area contributed by atoms with Gasteiger partial charge in [-0.3, -0.25) is 4.57 Å². The summed E-state index contributed by atoms with van der Waals surface area (Å²) >= 11 is 8.96. The molecule has 0 fully saturated rings. The van der Waals surface area contributed by atoms with Crippen molar-refractivity contribution in [3.63, 3.8) is 0 Å². The molecule has 0 N–H and O–H groups in total. The van der Waals surface area contributed by atoms with Crippen molar-refractivity contribution in [1.82, 2.24) is 14.5 Å². The van der Waals surface area contributed by atoms with Gasteiger partial charge in [0.05, 0.1) is 21.2 Å².